The van der Waals surface area contributed by atoms with Gasteiger partial charge in [-0.15, -0.1) is 0 Å². The summed E-state index contributed by atoms with van der Waals surface area (Å²) < 4.78 is 18.6. The molecule has 0 amide bonds. The van der Waals surface area contributed by atoms with Gasteiger partial charge >= 0.3 is 0 Å². The quantitative estimate of drug-likeness (QED) is 0.506. The highest BCUT2D eigenvalue weighted by atomic mass is 35.5. The SMILES string of the molecule is Cc1c(Cl)cccc1N=Cc1ccc(OCc2ccc(F)cc2)cc1. The van der Waals surface area contributed by atoms with Crippen molar-refractivity contribution in [3.63, 3.8) is 0 Å². The third-order valence-corrected chi connectivity index (χ3v) is 4.20. The molecule has 3 aromatic carbocycles. The summed E-state index contributed by atoms with van der Waals surface area (Å²) in [6.45, 7) is 2.34. The Hall–Kier alpha value is -2.65. The maximum absolute atomic E-state index is 12.9. The first-order valence-corrected chi connectivity index (χ1v) is 8.26. The molecule has 0 bridgehead atoms. The lowest BCUT2D eigenvalue weighted by molar-refractivity contribution is 0.306. The van der Waals surface area contributed by atoms with Gasteiger partial charge in [0.2, 0.25) is 0 Å². The molecule has 0 aliphatic carbocycles. The van der Waals surface area contributed by atoms with E-state index in [1.807, 2.05) is 49.4 Å². The van der Waals surface area contributed by atoms with E-state index in [1.54, 1.807) is 18.3 Å². The second-order valence-corrected chi connectivity index (χ2v) is 6.03. The Kier molecular flexibility index (Phi) is 5.46. The third kappa shape index (κ3) is 4.68. The maximum Gasteiger partial charge on any atom is 0.123 e. The molecule has 3 aromatic rings. The number of ether oxygens (including phenoxy) is 1. The Bertz CT molecular complexity index is 873. The average Bonchev–Trinajstić information content (AvgIpc) is 2.63. The van der Waals surface area contributed by atoms with E-state index in [9.17, 15) is 4.39 Å². The molecule has 0 N–H and O–H groups in total. The van der Waals surface area contributed by atoms with Gasteiger partial charge in [-0.25, -0.2) is 4.39 Å². The van der Waals surface area contributed by atoms with Gasteiger partial charge in [0.05, 0.1) is 5.69 Å². The molecular weight excluding hydrogens is 337 g/mol. The van der Waals surface area contributed by atoms with Crippen LogP contribution < -0.4 is 4.74 Å². The minimum Gasteiger partial charge on any atom is -0.489 e. The summed E-state index contributed by atoms with van der Waals surface area (Å²) in [5, 5.41) is 0.708. The van der Waals surface area contributed by atoms with Crippen LogP contribution in [0.3, 0.4) is 0 Å². The van der Waals surface area contributed by atoms with E-state index < -0.39 is 0 Å². The number of aliphatic imine (C=N–C) groups is 1. The van der Waals surface area contributed by atoms with Crippen LogP contribution in [0.1, 0.15) is 16.7 Å². The van der Waals surface area contributed by atoms with E-state index >= 15 is 0 Å². The molecule has 126 valence electrons. The molecule has 0 fully saturated rings. The smallest absolute Gasteiger partial charge is 0.123 e. The standard InChI is InChI=1S/C21H17ClFNO/c1-15-20(22)3-2-4-21(15)24-13-16-7-11-19(12-8-16)25-14-17-5-9-18(23)10-6-17/h2-13H,14H2,1H3. The topological polar surface area (TPSA) is 21.6 Å². The zero-order valence-corrected chi connectivity index (χ0v) is 14.5. The van der Waals surface area contributed by atoms with Crippen molar-refractivity contribution in [2.75, 3.05) is 0 Å². The number of rotatable bonds is 5. The van der Waals surface area contributed by atoms with E-state index in [-0.39, 0.29) is 5.82 Å². The summed E-state index contributed by atoms with van der Waals surface area (Å²) in [7, 11) is 0. The minimum atomic E-state index is -0.248. The molecule has 3 rings (SSSR count). The first kappa shape index (κ1) is 17.2. The fourth-order valence-corrected chi connectivity index (χ4v) is 2.45. The second-order valence-electron chi connectivity index (χ2n) is 5.63. The second kappa shape index (κ2) is 7.95. The Balaban J connectivity index is 1.63. The van der Waals surface area contributed by atoms with Crippen LogP contribution in [-0.2, 0) is 6.61 Å². The van der Waals surface area contributed by atoms with Gasteiger partial charge in [-0.3, -0.25) is 4.99 Å². The van der Waals surface area contributed by atoms with Crippen molar-refractivity contribution in [3.05, 3.63) is 94.3 Å². The van der Waals surface area contributed by atoms with Gasteiger partial charge < -0.3 is 4.74 Å². The Morgan fingerprint density at radius 3 is 2.44 bits per heavy atom. The van der Waals surface area contributed by atoms with Crippen LogP contribution in [0.4, 0.5) is 10.1 Å². The number of hydrogen-bond donors (Lipinski definition) is 0. The summed E-state index contributed by atoms with van der Waals surface area (Å²) >= 11 is 6.10. The largest absolute Gasteiger partial charge is 0.489 e. The van der Waals surface area contributed by atoms with Crippen molar-refractivity contribution in [2.45, 2.75) is 13.5 Å². The monoisotopic (exact) mass is 353 g/mol. The van der Waals surface area contributed by atoms with Gasteiger partial charge in [0.25, 0.3) is 0 Å². The van der Waals surface area contributed by atoms with Gasteiger partial charge in [0, 0.05) is 11.2 Å². The van der Waals surface area contributed by atoms with Gasteiger partial charge in [-0.05, 0) is 72.1 Å². The fourth-order valence-electron chi connectivity index (χ4n) is 2.28. The van der Waals surface area contributed by atoms with E-state index in [1.165, 1.54) is 12.1 Å². The van der Waals surface area contributed by atoms with E-state index in [0.717, 1.165) is 28.1 Å². The van der Waals surface area contributed by atoms with Gasteiger partial charge in [0.1, 0.15) is 18.2 Å². The van der Waals surface area contributed by atoms with Crippen molar-refractivity contribution in [1.82, 2.24) is 0 Å². The summed E-state index contributed by atoms with van der Waals surface area (Å²) in [6.07, 6.45) is 1.79. The van der Waals surface area contributed by atoms with E-state index in [4.69, 9.17) is 16.3 Å². The number of benzene rings is 3. The number of hydrogen-bond acceptors (Lipinski definition) is 2. The van der Waals surface area contributed by atoms with Crippen LogP contribution >= 0.6 is 11.6 Å². The highest BCUT2D eigenvalue weighted by molar-refractivity contribution is 6.31. The molecule has 0 unspecified atom stereocenters. The number of nitrogens with zero attached hydrogens (tertiary/aromatic N) is 1. The molecule has 0 atom stereocenters. The van der Waals surface area contributed by atoms with Crippen LogP contribution in [0, 0.1) is 12.7 Å². The Labute approximate surface area is 151 Å². The zero-order valence-electron chi connectivity index (χ0n) is 13.7. The van der Waals surface area contributed by atoms with Crippen LogP contribution in [0.2, 0.25) is 5.02 Å². The molecule has 25 heavy (non-hydrogen) atoms. The molecule has 4 heteroatoms. The highest BCUT2D eigenvalue weighted by Crippen LogP contribution is 2.25. The normalized spacial score (nSPS) is 11.0. The molecule has 0 aromatic heterocycles. The first-order chi connectivity index (χ1) is 12.1. The lowest BCUT2D eigenvalue weighted by Crippen LogP contribution is -1.95. The molecule has 0 radical (unpaired) electrons. The predicted octanol–water partition coefficient (Wildman–Crippen LogP) is 6.12. The van der Waals surface area contributed by atoms with Crippen molar-refractivity contribution < 1.29 is 9.13 Å². The molecule has 0 aliphatic rings. The number of halogens is 2. The van der Waals surface area contributed by atoms with Gasteiger partial charge in [-0.2, -0.15) is 0 Å². The van der Waals surface area contributed by atoms with Crippen molar-refractivity contribution in [1.29, 1.82) is 0 Å². The maximum atomic E-state index is 12.9. The van der Waals surface area contributed by atoms with Crippen molar-refractivity contribution in [2.24, 2.45) is 4.99 Å². The molecule has 2 nitrogen and oxygen atoms in total. The molecule has 0 saturated heterocycles. The minimum absolute atomic E-state index is 0.248. The lowest BCUT2D eigenvalue weighted by atomic mass is 10.2. The van der Waals surface area contributed by atoms with Crippen LogP contribution in [0.15, 0.2) is 71.7 Å². The Morgan fingerprint density at radius 1 is 1.00 bits per heavy atom. The van der Waals surface area contributed by atoms with Crippen LogP contribution in [-0.4, -0.2) is 6.21 Å². The highest BCUT2D eigenvalue weighted by Gasteiger charge is 2.00. The van der Waals surface area contributed by atoms with Crippen molar-refractivity contribution >= 4 is 23.5 Å². The predicted molar refractivity (Wildman–Crippen MR) is 101 cm³/mol. The van der Waals surface area contributed by atoms with Crippen molar-refractivity contribution in [3.8, 4) is 5.75 Å². The molecule has 0 aliphatic heterocycles. The third-order valence-electron chi connectivity index (χ3n) is 3.79. The van der Waals surface area contributed by atoms with Crippen LogP contribution in [0.25, 0.3) is 0 Å². The van der Waals surface area contributed by atoms with Gasteiger partial charge in [0.15, 0.2) is 0 Å². The first-order valence-electron chi connectivity index (χ1n) is 7.88. The molecular formula is C21H17ClFNO. The van der Waals surface area contributed by atoms with Gasteiger partial charge in [-0.1, -0.05) is 29.8 Å². The summed E-state index contributed by atoms with van der Waals surface area (Å²) in [5.41, 5.74) is 3.70. The lowest BCUT2D eigenvalue weighted by Gasteiger charge is -2.06. The fraction of sp³-hybridized carbons (Fsp3) is 0.0952. The summed E-state index contributed by atoms with van der Waals surface area (Å²) in [4.78, 5) is 4.48. The van der Waals surface area contributed by atoms with E-state index in [0.29, 0.717) is 11.6 Å². The van der Waals surface area contributed by atoms with Crippen LogP contribution in [0.5, 0.6) is 5.75 Å². The molecule has 0 spiro atoms. The summed E-state index contributed by atoms with van der Waals surface area (Å²) in [6, 6.07) is 19.6. The molecule has 0 heterocycles. The average molecular weight is 354 g/mol. The summed E-state index contributed by atoms with van der Waals surface area (Å²) in [5.74, 6) is 0.503. The zero-order chi connectivity index (χ0) is 17.6. The molecule has 0 saturated carbocycles. The van der Waals surface area contributed by atoms with E-state index in [2.05, 4.69) is 4.99 Å². The Morgan fingerprint density at radius 2 is 1.72 bits per heavy atom.